The quantitative estimate of drug-likeness (QED) is 0.615. The average molecular weight is 353 g/mol. The lowest BCUT2D eigenvalue weighted by Gasteiger charge is -2.21. The van der Waals surface area contributed by atoms with Gasteiger partial charge in [0.15, 0.2) is 0 Å². The van der Waals surface area contributed by atoms with E-state index in [-0.39, 0.29) is 6.04 Å². The Morgan fingerprint density at radius 1 is 1.38 bits per heavy atom. The Morgan fingerprint density at radius 2 is 2.14 bits per heavy atom. The lowest BCUT2D eigenvalue weighted by Crippen LogP contribution is -2.32. The molecule has 2 rings (SSSR count). The summed E-state index contributed by atoms with van der Waals surface area (Å²) in [6.07, 6.45) is 3.62. The first kappa shape index (κ1) is 16.1. The molecule has 2 aromatic heterocycles. The minimum absolute atomic E-state index is 0.169. The van der Waals surface area contributed by atoms with E-state index in [4.69, 9.17) is 5.84 Å². The maximum absolute atomic E-state index is 5.84. The fourth-order valence-corrected chi connectivity index (χ4v) is 2.95. The van der Waals surface area contributed by atoms with Crippen LogP contribution >= 0.6 is 15.9 Å². The highest BCUT2D eigenvalue weighted by atomic mass is 79.9. The molecule has 2 heterocycles. The summed E-state index contributed by atoms with van der Waals surface area (Å²) in [4.78, 5) is 0. The van der Waals surface area contributed by atoms with Gasteiger partial charge in [-0.2, -0.15) is 15.3 Å². The van der Waals surface area contributed by atoms with Crippen molar-refractivity contribution in [3.8, 4) is 0 Å². The van der Waals surface area contributed by atoms with Crippen molar-refractivity contribution >= 4 is 15.9 Å². The lowest BCUT2D eigenvalue weighted by atomic mass is 10.0. The van der Waals surface area contributed by atoms with Gasteiger partial charge in [0, 0.05) is 12.1 Å². The van der Waals surface area contributed by atoms with Crippen LogP contribution in [0.4, 0.5) is 0 Å². The molecule has 0 fully saturated rings. The molecule has 2 aromatic rings. The van der Waals surface area contributed by atoms with E-state index in [2.05, 4.69) is 50.5 Å². The zero-order valence-corrected chi connectivity index (χ0v) is 14.2. The van der Waals surface area contributed by atoms with Gasteiger partial charge in [0.1, 0.15) is 0 Å². The van der Waals surface area contributed by atoms with E-state index in [1.54, 1.807) is 0 Å². The number of hydrazine groups is 1. The van der Waals surface area contributed by atoms with Crippen molar-refractivity contribution in [2.24, 2.45) is 5.84 Å². The Morgan fingerprint density at radius 3 is 2.76 bits per heavy atom. The summed E-state index contributed by atoms with van der Waals surface area (Å²) >= 11 is 3.58. The van der Waals surface area contributed by atoms with Gasteiger partial charge in [0.25, 0.3) is 0 Å². The van der Waals surface area contributed by atoms with Crippen LogP contribution in [0.1, 0.15) is 49.0 Å². The highest BCUT2D eigenvalue weighted by molar-refractivity contribution is 9.10. The van der Waals surface area contributed by atoms with Gasteiger partial charge in [-0.15, -0.1) is 0 Å². The van der Waals surface area contributed by atoms with Gasteiger partial charge in [-0.1, -0.05) is 13.8 Å². The minimum atomic E-state index is -0.169. The van der Waals surface area contributed by atoms with Crippen molar-refractivity contribution in [1.82, 2.24) is 25.4 Å². The van der Waals surface area contributed by atoms with Gasteiger partial charge in [-0.25, -0.2) is 5.43 Å². The number of aryl methyl sites for hydroxylation is 3. The number of hydrogen-bond donors (Lipinski definition) is 2. The average Bonchev–Trinajstić information content (AvgIpc) is 2.82. The largest absolute Gasteiger partial charge is 0.271 e. The first-order chi connectivity index (χ1) is 10.1. The van der Waals surface area contributed by atoms with Crippen molar-refractivity contribution in [3.63, 3.8) is 0 Å². The summed E-state index contributed by atoms with van der Waals surface area (Å²) in [6, 6.07) is 1.86. The highest BCUT2D eigenvalue weighted by Gasteiger charge is 2.23. The van der Waals surface area contributed by atoms with Gasteiger partial charge < -0.3 is 0 Å². The number of halogens is 1. The van der Waals surface area contributed by atoms with Crippen LogP contribution in [0.15, 0.2) is 16.7 Å². The maximum atomic E-state index is 5.84. The summed E-state index contributed by atoms with van der Waals surface area (Å²) in [7, 11) is 0. The Labute approximate surface area is 133 Å². The zero-order chi connectivity index (χ0) is 15.4. The zero-order valence-electron chi connectivity index (χ0n) is 12.6. The predicted octanol–water partition coefficient (Wildman–Crippen LogP) is 2.27. The molecule has 3 N–H and O–H groups in total. The Hall–Kier alpha value is -1.31. The summed E-state index contributed by atoms with van der Waals surface area (Å²) < 4.78 is 2.92. The molecule has 0 radical (unpaired) electrons. The smallest absolute Gasteiger partial charge is 0.0908 e. The SMILES string of the molecule is CCCn1ncc(Br)c1C(NN)c1cc(C)nnc1CC. The molecule has 1 unspecified atom stereocenters. The van der Waals surface area contributed by atoms with Crippen LogP contribution in [0, 0.1) is 6.92 Å². The number of rotatable bonds is 6. The van der Waals surface area contributed by atoms with Crippen LogP contribution in [0.2, 0.25) is 0 Å². The fourth-order valence-electron chi connectivity index (χ4n) is 2.42. The van der Waals surface area contributed by atoms with Gasteiger partial charge in [-0.3, -0.25) is 10.5 Å². The van der Waals surface area contributed by atoms with E-state index >= 15 is 0 Å². The van der Waals surface area contributed by atoms with Gasteiger partial charge in [0.2, 0.25) is 0 Å². The number of nitrogens with one attached hydrogen (secondary N) is 1. The maximum Gasteiger partial charge on any atom is 0.0908 e. The standard InChI is InChI=1S/C14H21BrN6/c1-4-6-21-14(11(15)8-17-21)13(18-16)10-7-9(3)19-20-12(10)5-2/h7-8,13,18H,4-6,16H2,1-3H3. The third kappa shape index (κ3) is 3.30. The molecular weight excluding hydrogens is 332 g/mol. The summed E-state index contributed by atoms with van der Waals surface area (Å²) in [5.74, 6) is 5.84. The van der Waals surface area contributed by atoms with E-state index in [1.807, 2.05) is 23.9 Å². The predicted molar refractivity (Wildman–Crippen MR) is 85.5 cm³/mol. The topological polar surface area (TPSA) is 81.7 Å². The van der Waals surface area contributed by atoms with Crippen molar-refractivity contribution < 1.29 is 0 Å². The van der Waals surface area contributed by atoms with Gasteiger partial charge in [-0.05, 0) is 41.8 Å². The summed E-state index contributed by atoms with van der Waals surface area (Å²) in [5, 5.41) is 12.8. The van der Waals surface area contributed by atoms with Crippen LogP contribution in [-0.4, -0.2) is 20.0 Å². The Balaban J connectivity index is 2.54. The molecule has 114 valence electrons. The van der Waals surface area contributed by atoms with Crippen molar-refractivity contribution in [2.45, 2.75) is 46.2 Å². The van der Waals surface area contributed by atoms with E-state index in [9.17, 15) is 0 Å². The third-order valence-electron chi connectivity index (χ3n) is 3.38. The minimum Gasteiger partial charge on any atom is -0.271 e. The van der Waals surface area contributed by atoms with Crippen LogP contribution in [0.25, 0.3) is 0 Å². The summed E-state index contributed by atoms with van der Waals surface area (Å²) in [5.41, 5.74) is 6.79. The molecule has 0 bridgehead atoms. The second kappa shape index (κ2) is 7.11. The van der Waals surface area contributed by atoms with Crippen molar-refractivity contribution in [3.05, 3.63) is 39.4 Å². The van der Waals surface area contributed by atoms with E-state index < -0.39 is 0 Å². The molecule has 0 aliphatic rings. The summed E-state index contributed by atoms with van der Waals surface area (Å²) in [6.45, 7) is 6.97. The monoisotopic (exact) mass is 352 g/mol. The van der Waals surface area contributed by atoms with Gasteiger partial charge in [0.05, 0.1) is 33.8 Å². The molecule has 0 saturated carbocycles. The number of nitrogens with zero attached hydrogens (tertiary/aromatic N) is 4. The molecule has 21 heavy (non-hydrogen) atoms. The number of aromatic nitrogens is 4. The molecule has 0 aliphatic carbocycles. The molecule has 0 aliphatic heterocycles. The Kier molecular flexibility index (Phi) is 5.44. The molecule has 7 heteroatoms. The van der Waals surface area contributed by atoms with E-state index in [0.717, 1.165) is 46.5 Å². The molecule has 1 atom stereocenters. The van der Waals surface area contributed by atoms with Crippen LogP contribution in [-0.2, 0) is 13.0 Å². The molecule has 6 nitrogen and oxygen atoms in total. The molecule has 0 spiro atoms. The van der Waals surface area contributed by atoms with Crippen LogP contribution in [0.5, 0.6) is 0 Å². The van der Waals surface area contributed by atoms with Crippen LogP contribution in [0.3, 0.4) is 0 Å². The normalized spacial score (nSPS) is 12.6. The van der Waals surface area contributed by atoms with E-state index in [0.29, 0.717) is 0 Å². The van der Waals surface area contributed by atoms with E-state index in [1.165, 1.54) is 0 Å². The third-order valence-corrected chi connectivity index (χ3v) is 3.99. The second-order valence-corrected chi connectivity index (χ2v) is 5.80. The van der Waals surface area contributed by atoms with Crippen molar-refractivity contribution in [2.75, 3.05) is 0 Å². The fraction of sp³-hybridized carbons (Fsp3) is 0.500. The molecule has 0 aromatic carbocycles. The molecule has 0 saturated heterocycles. The number of hydrogen-bond acceptors (Lipinski definition) is 5. The molecule has 0 amide bonds. The van der Waals surface area contributed by atoms with Crippen LogP contribution < -0.4 is 11.3 Å². The number of nitrogens with two attached hydrogens (primary N) is 1. The lowest BCUT2D eigenvalue weighted by molar-refractivity contribution is 0.515. The van der Waals surface area contributed by atoms with Gasteiger partial charge >= 0.3 is 0 Å². The van der Waals surface area contributed by atoms with Crippen molar-refractivity contribution in [1.29, 1.82) is 0 Å². The second-order valence-electron chi connectivity index (χ2n) is 4.94. The highest BCUT2D eigenvalue weighted by Crippen LogP contribution is 2.30. The Bertz CT molecular complexity index is 610. The molecular formula is C14H21BrN6. The first-order valence-electron chi connectivity index (χ1n) is 7.12. The first-order valence-corrected chi connectivity index (χ1v) is 7.92.